The third kappa shape index (κ3) is 5.12. The Morgan fingerprint density at radius 1 is 0.328 bits per heavy atom. The lowest BCUT2D eigenvalue weighted by atomic mass is 9.97. The number of thiophene rings is 1. The molecule has 272 valence electrons. The van der Waals surface area contributed by atoms with Crippen molar-refractivity contribution in [2.45, 2.75) is 0 Å². The van der Waals surface area contributed by atoms with Gasteiger partial charge in [-0.3, -0.25) is 0 Å². The van der Waals surface area contributed by atoms with Crippen LogP contribution in [0.3, 0.4) is 0 Å². The van der Waals surface area contributed by atoms with E-state index in [1.807, 2.05) is 35.6 Å². The lowest BCUT2D eigenvalue weighted by molar-refractivity contribution is 0.668. The van der Waals surface area contributed by atoms with Crippen LogP contribution in [-0.4, -0.2) is 0 Å². The molecule has 0 fully saturated rings. The smallest absolute Gasteiger partial charge is 0.136 e. The molecule has 4 heteroatoms. The number of anilines is 3. The van der Waals surface area contributed by atoms with E-state index in [2.05, 4.69) is 181 Å². The van der Waals surface area contributed by atoms with Crippen LogP contribution in [0.15, 0.2) is 209 Å². The summed E-state index contributed by atoms with van der Waals surface area (Å²) in [4.78, 5) is 2.42. The Balaban J connectivity index is 1.05. The van der Waals surface area contributed by atoms with Crippen LogP contribution < -0.4 is 4.90 Å². The highest BCUT2D eigenvalue weighted by Crippen LogP contribution is 2.49. The molecule has 3 aromatic heterocycles. The summed E-state index contributed by atoms with van der Waals surface area (Å²) in [6.45, 7) is 0. The summed E-state index contributed by atoms with van der Waals surface area (Å²) in [5.41, 5.74) is 13.9. The van der Waals surface area contributed by atoms with E-state index in [1.54, 1.807) is 0 Å². The standard InChI is InChI=1S/C54H33NO2S/c1-2-12-34(13-3-1)41-32-33-45(54-53(41)44-16-6-9-23-50(44)58-54)55(37-28-24-35(25-29-37)39-17-10-21-48-51(39)42-14-4-7-19-46(42)56-48)38-30-26-36(27-31-38)40-18-11-22-49-52(40)43-15-5-8-20-47(43)57-49/h1-33H. The summed E-state index contributed by atoms with van der Waals surface area (Å²) < 4.78 is 15.1. The second kappa shape index (κ2) is 13.1. The molecule has 0 N–H and O–H groups in total. The van der Waals surface area contributed by atoms with Crippen molar-refractivity contribution < 1.29 is 8.83 Å². The fourth-order valence-corrected chi connectivity index (χ4v) is 10.1. The highest BCUT2D eigenvalue weighted by atomic mass is 32.1. The van der Waals surface area contributed by atoms with Gasteiger partial charge in [0.1, 0.15) is 22.3 Å². The minimum atomic E-state index is 0.897. The van der Waals surface area contributed by atoms with Gasteiger partial charge in [0.25, 0.3) is 0 Å². The van der Waals surface area contributed by atoms with Crippen LogP contribution in [0.5, 0.6) is 0 Å². The number of para-hydroxylation sites is 2. The molecule has 3 nitrogen and oxygen atoms in total. The van der Waals surface area contributed by atoms with Crippen molar-refractivity contribution in [2.75, 3.05) is 4.90 Å². The van der Waals surface area contributed by atoms with Crippen LogP contribution in [0, 0.1) is 0 Å². The largest absolute Gasteiger partial charge is 0.456 e. The van der Waals surface area contributed by atoms with Gasteiger partial charge < -0.3 is 13.7 Å². The number of hydrogen-bond donors (Lipinski definition) is 0. The van der Waals surface area contributed by atoms with Gasteiger partial charge in [0, 0.05) is 48.4 Å². The summed E-state index contributed by atoms with van der Waals surface area (Å²) in [5, 5.41) is 7.09. The van der Waals surface area contributed by atoms with Gasteiger partial charge in [0.15, 0.2) is 0 Å². The Hall–Kier alpha value is -7.40. The first-order valence-corrected chi connectivity index (χ1v) is 20.4. The van der Waals surface area contributed by atoms with E-state index in [4.69, 9.17) is 8.83 Å². The van der Waals surface area contributed by atoms with E-state index in [-0.39, 0.29) is 0 Å². The predicted molar refractivity (Wildman–Crippen MR) is 245 cm³/mol. The fraction of sp³-hybridized carbons (Fsp3) is 0. The molecule has 58 heavy (non-hydrogen) atoms. The van der Waals surface area contributed by atoms with Crippen LogP contribution in [0.2, 0.25) is 0 Å². The molecule has 0 bridgehead atoms. The van der Waals surface area contributed by atoms with Gasteiger partial charge in [-0.1, -0.05) is 140 Å². The van der Waals surface area contributed by atoms with Crippen molar-refractivity contribution in [1.29, 1.82) is 0 Å². The molecule has 12 rings (SSSR count). The lowest BCUT2D eigenvalue weighted by Crippen LogP contribution is -2.10. The molecular formula is C54H33NO2S. The number of furan rings is 2. The Labute approximate surface area is 338 Å². The van der Waals surface area contributed by atoms with Crippen molar-refractivity contribution >= 4 is 92.4 Å². The number of nitrogens with zero attached hydrogens (tertiary/aromatic N) is 1. The van der Waals surface area contributed by atoms with Gasteiger partial charge in [0.05, 0.1) is 10.4 Å². The van der Waals surface area contributed by atoms with E-state index in [0.717, 1.165) is 83.2 Å². The molecule has 3 heterocycles. The second-order valence-corrected chi connectivity index (χ2v) is 15.8. The molecule has 9 aromatic carbocycles. The first kappa shape index (κ1) is 32.8. The molecular weight excluding hydrogens is 727 g/mol. The van der Waals surface area contributed by atoms with Crippen LogP contribution in [0.25, 0.3) is 97.4 Å². The summed E-state index contributed by atoms with van der Waals surface area (Å²) in [5.74, 6) is 0. The molecule has 0 unspecified atom stereocenters. The van der Waals surface area contributed by atoms with Crippen LogP contribution in [0.1, 0.15) is 0 Å². The third-order valence-corrected chi connectivity index (χ3v) is 12.7. The average molecular weight is 760 g/mol. The molecule has 0 atom stereocenters. The topological polar surface area (TPSA) is 29.5 Å². The molecule has 0 aliphatic carbocycles. The van der Waals surface area contributed by atoms with E-state index < -0.39 is 0 Å². The molecule has 0 saturated heterocycles. The highest BCUT2D eigenvalue weighted by Gasteiger charge is 2.22. The molecule has 0 amide bonds. The van der Waals surface area contributed by atoms with Crippen molar-refractivity contribution in [1.82, 2.24) is 0 Å². The SMILES string of the molecule is c1ccc(-c2ccc(N(c3ccc(-c4cccc5oc6ccccc6c45)cc3)c3ccc(-c4cccc5oc6ccccc6c45)cc3)c3sc4ccccc4c23)cc1. The van der Waals surface area contributed by atoms with Crippen molar-refractivity contribution in [3.63, 3.8) is 0 Å². The zero-order valence-corrected chi connectivity index (χ0v) is 32.0. The highest BCUT2D eigenvalue weighted by molar-refractivity contribution is 7.26. The molecule has 0 radical (unpaired) electrons. The third-order valence-electron chi connectivity index (χ3n) is 11.5. The second-order valence-electron chi connectivity index (χ2n) is 14.8. The summed E-state index contributed by atoms with van der Waals surface area (Å²) in [6.07, 6.45) is 0. The first-order chi connectivity index (χ1) is 28.8. The van der Waals surface area contributed by atoms with Gasteiger partial charge in [0.2, 0.25) is 0 Å². The zero-order chi connectivity index (χ0) is 38.2. The zero-order valence-electron chi connectivity index (χ0n) is 31.2. The van der Waals surface area contributed by atoms with Crippen molar-refractivity contribution in [2.24, 2.45) is 0 Å². The van der Waals surface area contributed by atoms with Crippen LogP contribution in [-0.2, 0) is 0 Å². The average Bonchev–Trinajstić information content (AvgIpc) is 3.99. The Morgan fingerprint density at radius 2 is 0.793 bits per heavy atom. The maximum Gasteiger partial charge on any atom is 0.136 e. The Bertz CT molecular complexity index is 3340. The van der Waals surface area contributed by atoms with Gasteiger partial charge in [-0.25, -0.2) is 0 Å². The maximum atomic E-state index is 6.27. The molecule has 0 aliphatic rings. The van der Waals surface area contributed by atoms with E-state index in [0.29, 0.717) is 0 Å². The quantitative estimate of drug-likeness (QED) is 0.169. The molecule has 0 saturated carbocycles. The summed E-state index contributed by atoms with van der Waals surface area (Å²) in [6, 6.07) is 71.5. The summed E-state index contributed by atoms with van der Waals surface area (Å²) in [7, 11) is 0. The van der Waals surface area contributed by atoms with Gasteiger partial charge in [-0.05, 0) is 94.0 Å². The molecule has 0 spiro atoms. The fourth-order valence-electron chi connectivity index (χ4n) is 8.89. The number of benzene rings is 9. The summed E-state index contributed by atoms with van der Waals surface area (Å²) >= 11 is 1.86. The Kier molecular flexibility index (Phi) is 7.40. The van der Waals surface area contributed by atoms with E-state index in [9.17, 15) is 0 Å². The number of hydrogen-bond acceptors (Lipinski definition) is 4. The predicted octanol–water partition coefficient (Wildman–Crippen LogP) is 16.3. The van der Waals surface area contributed by atoms with E-state index >= 15 is 0 Å². The van der Waals surface area contributed by atoms with Gasteiger partial charge >= 0.3 is 0 Å². The minimum Gasteiger partial charge on any atom is -0.456 e. The normalized spacial score (nSPS) is 11.8. The molecule has 12 aromatic rings. The monoisotopic (exact) mass is 759 g/mol. The number of rotatable bonds is 6. The van der Waals surface area contributed by atoms with Crippen molar-refractivity contribution in [3.05, 3.63) is 200 Å². The van der Waals surface area contributed by atoms with Crippen molar-refractivity contribution in [3.8, 4) is 33.4 Å². The Morgan fingerprint density at radius 3 is 1.38 bits per heavy atom. The van der Waals surface area contributed by atoms with Crippen LogP contribution in [0.4, 0.5) is 17.1 Å². The van der Waals surface area contributed by atoms with Crippen LogP contribution >= 0.6 is 11.3 Å². The van der Waals surface area contributed by atoms with Gasteiger partial charge in [-0.2, -0.15) is 0 Å². The lowest BCUT2D eigenvalue weighted by Gasteiger charge is -2.27. The van der Waals surface area contributed by atoms with E-state index in [1.165, 1.54) is 31.3 Å². The molecule has 0 aliphatic heterocycles. The maximum absolute atomic E-state index is 6.27. The van der Waals surface area contributed by atoms with Gasteiger partial charge in [-0.15, -0.1) is 11.3 Å². The number of fused-ring (bicyclic) bond motifs is 9. The first-order valence-electron chi connectivity index (χ1n) is 19.6. The minimum absolute atomic E-state index is 0.897.